The topological polar surface area (TPSA) is 51.2 Å². The van der Waals surface area contributed by atoms with Crippen LogP contribution in [0.2, 0.25) is 5.15 Å². The zero-order chi connectivity index (χ0) is 13.2. The first-order valence-corrected chi connectivity index (χ1v) is 6.16. The summed E-state index contributed by atoms with van der Waals surface area (Å²) in [6, 6.07) is 1.08. The standard InChI is InChI=1S/C10H11ClFIN2O2/c1-10(2,3)17-9(16)15-6-4-5(12)7(13)8(11)14-6/h4H,1-3H3,(H,14,15,16). The van der Waals surface area contributed by atoms with Crippen LogP contribution in [0.25, 0.3) is 0 Å². The van der Waals surface area contributed by atoms with Crippen LogP contribution in [-0.4, -0.2) is 16.7 Å². The summed E-state index contributed by atoms with van der Waals surface area (Å²) in [4.78, 5) is 15.2. The molecule has 1 amide bonds. The van der Waals surface area contributed by atoms with Crippen molar-refractivity contribution in [2.75, 3.05) is 5.32 Å². The van der Waals surface area contributed by atoms with E-state index in [1.165, 1.54) is 0 Å². The monoisotopic (exact) mass is 372 g/mol. The number of hydrogen-bond acceptors (Lipinski definition) is 3. The van der Waals surface area contributed by atoms with Gasteiger partial charge in [0.25, 0.3) is 0 Å². The molecule has 4 nitrogen and oxygen atoms in total. The lowest BCUT2D eigenvalue weighted by Crippen LogP contribution is -2.27. The van der Waals surface area contributed by atoms with E-state index in [-0.39, 0.29) is 14.5 Å². The van der Waals surface area contributed by atoms with Gasteiger partial charge in [0.15, 0.2) is 0 Å². The first-order chi connectivity index (χ1) is 7.69. The molecule has 1 rings (SSSR count). The van der Waals surface area contributed by atoms with E-state index >= 15 is 0 Å². The molecule has 0 bridgehead atoms. The molecular weight excluding hydrogens is 361 g/mol. The fourth-order valence-electron chi connectivity index (χ4n) is 0.941. The molecule has 7 heteroatoms. The third-order valence-electron chi connectivity index (χ3n) is 1.50. The normalized spacial score (nSPS) is 11.2. The second kappa shape index (κ2) is 5.34. The Morgan fingerprint density at radius 1 is 1.59 bits per heavy atom. The zero-order valence-corrected chi connectivity index (χ0v) is 12.4. The van der Waals surface area contributed by atoms with Crippen molar-refractivity contribution in [3.63, 3.8) is 0 Å². The molecule has 0 unspecified atom stereocenters. The fourth-order valence-corrected chi connectivity index (χ4v) is 1.40. The number of carbonyl (C=O) groups is 1. The highest BCUT2D eigenvalue weighted by atomic mass is 127. The third-order valence-corrected chi connectivity index (χ3v) is 3.12. The van der Waals surface area contributed by atoms with Gasteiger partial charge in [0.1, 0.15) is 22.4 Å². The number of rotatable bonds is 1. The van der Waals surface area contributed by atoms with E-state index in [9.17, 15) is 9.18 Å². The van der Waals surface area contributed by atoms with Crippen LogP contribution in [0.15, 0.2) is 6.07 Å². The predicted octanol–water partition coefficient (Wildman–Crippen LogP) is 3.83. The lowest BCUT2D eigenvalue weighted by Gasteiger charge is -2.19. The smallest absolute Gasteiger partial charge is 0.413 e. The van der Waals surface area contributed by atoms with Crippen molar-refractivity contribution in [2.24, 2.45) is 0 Å². The molecule has 0 aliphatic rings. The molecule has 0 saturated heterocycles. The van der Waals surface area contributed by atoms with E-state index in [0.717, 1.165) is 6.07 Å². The van der Waals surface area contributed by atoms with Crippen molar-refractivity contribution in [3.05, 3.63) is 20.6 Å². The fraction of sp³-hybridized carbons (Fsp3) is 0.400. The average molecular weight is 373 g/mol. The Labute approximate surface area is 117 Å². The highest BCUT2D eigenvalue weighted by Crippen LogP contribution is 2.22. The molecule has 0 radical (unpaired) electrons. The minimum Gasteiger partial charge on any atom is -0.444 e. The van der Waals surface area contributed by atoms with Gasteiger partial charge in [-0.25, -0.2) is 14.2 Å². The molecular formula is C10H11ClFIN2O2. The summed E-state index contributed by atoms with van der Waals surface area (Å²) in [5.41, 5.74) is -0.629. The Balaban J connectivity index is 2.79. The minimum atomic E-state index is -0.707. The number of aromatic nitrogens is 1. The van der Waals surface area contributed by atoms with Gasteiger partial charge in [-0.2, -0.15) is 0 Å². The van der Waals surface area contributed by atoms with Crippen LogP contribution in [-0.2, 0) is 4.74 Å². The molecule has 1 aromatic heterocycles. The van der Waals surface area contributed by atoms with E-state index in [0.29, 0.717) is 0 Å². The van der Waals surface area contributed by atoms with Gasteiger partial charge >= 0.3 is 6.09 Å². The van der Waals surface area contributed by atoms with Crippen LogP contribution in [0.5, 0.6) is 0 Å². The van der Waals surface area contributed by atoms with E-state index in [2.05, 4.69) is 10.3 Å². The number of ether oxygens (including phenoxy) is 1. The van der Waals surface area contributed by atoms with Gasteiger partial charge in [-0.3, -0.25) is 5.32 Å². The summed E-state index contributed by atoms with van der Waals surface area (Å²) in [7, 11) is 0. The van der Waals surface area contributed by atoms with Crippen LogP contribution in [0.3, 0.4) is 0 Å². The van der Waals surface area contributed by atoms with Crippen molar-refractivity contribution in [1.82, 2.24) is 4.98 Å². The van der Waals surface area contributed by atoms with E-state index < -0.39 is 17.5 Å². The van der Waals surface area contributed by atoms with E-state index in [4.69, 9.17) is 16.3 Å². The Kier molecular flexibility index (Phi) is 4.54. The van der Waals surface area contributed by atoms with Crippen LogP contribution < -0.4 is 5.32 Å². The summed E-state index contributed by atoms with van der Waals surface area (Å²) in [5, 5.41) is 2.30. The number of pyridine rings is 1. The summed E-state index contributed by atoms with van der Waals surface area (Å²) in [6.07, 6.45) is -0.707. The van der Waals surface area contributed by atoms with Crippen LogP contribution in [0.4, 0.5) is 15.0 Å². The summed E-state index contributed by atoms with van der Waals surface area (Å²) in [5.74, 6) is -0.529. The number of amides is 1. The molecule has 0 fully saturated rings. The van der Waals surface area contributed by atoms with Gasteiger partial charge in [-0.1, -0.05) is 11.6 Å². The molecule has 1 heterocycles. The number of hydrogen-bond donors (Lipinski definition) is 1. The van der Waals surface area contributed by atoms with E-state index in [1.807, 2.05) is 0 Å². The number of nitrogens with zero attached hydrogens (tertiary/aromatic N) is 1. The van der Waals surface area contributed by atoms with Crippen LogP contribution >= 0.6 is 34.2 Å². The average Bonchev–Trinajstić information content (AvgIpc) is 2.10. The highest BCUT2D eigenvalue weighted by Gasteiger charge is 2.17. The van der Waals surface area contributed by atoms with Gasteiger partial charge in [-0.15, -0.1) is 0 Å². The number of nitrogens with one attached hydrogen (secondary N) is 1. The SMILES string of the molecule is CC(C)(C)OC(=O)Nc1cc(F)c(I)c(Cl)n1. The lowest BCUT2D eigenvalue weighted by molar-refractivity contribution is 0.0635. The molecule has 0 aromatic carbocycles. The molecule has 1 aromatic rings. The lowest BCUT2D eigenvalue weighted by atomic mass is 10.2. The minimum absolute atomic E-state index is 0.00309. The molecule has 0 saturated carbocycles. The molecule has 0 aliphatic carbocycles. The van der Waals surface area contributed by atoms with Crippen molar-refractivity contribution >= 4 is 46.1 Å². The zero-order valence-electron chi connectivity index (χ0n) is 9.47. The third kappa shape index (κ3) is 4.63. The van der Waals surface area contributed by atoms with Gasteiger partial charge in [0.2, 0.25) is 0 Å². The maximum absolute atomic E-state index is 13.3. The van der Waals surface area contributed by atoms with Crippen LogP contribution in [0, 0.1) is 9.39 Å². The summed E-state index contributed by atoms with van der Waals surface area (Å²) in [6.45, 7) is 5.17. The van der Waals surface area contributed by atoms with Crippen molar-refractivity contribution < 1.29 is 13.9 Å². The van der Waals surface area contributed by atoms with Gasteiger partial charge in [-0.05, 0) is 43.4 Å². The van der Waals surface area contributed by atoms with Crippen molar-refractivity contribution in [1.29, 1.82) is 0 Å². The molecule has 0 atom stereocenters. The first kappa shape index (κ1) is 14.4. The van der Waals surface area contributed by atoms with Crippen molar-refractivity contribution in [3.8, 4) is 0 Å². The second-order valence-corrected chi connectivity index (χ2v) is 5.66. The number of carbonyl (C=O) groups excluding carboxylic acids is 1. The maximum atomic E-state index is 13.3. The Hall–Kier alpha value is -0.630. The predicted molar refractivity (Wildman–Crippen MR) is 71.8 cm³/mol. The molecule has 0 aliphatic heterocycles. The Morgan fingerprint density at radius 3 is 2.65 bits per heavy atom. The second-order valence-electron chi connectivity index (χ2n) is 4.22. The number of halogens is 3. The van der Waals surface area contributed by atoms with Crippen LogP contribution in [0.1, 0.15) is 20.8 Å². The van der Waals surface area contributed by atoms with Gasteiger partial charge in [0, 0.05) is 6.07 Å². The first-order valence-electron chi connectivity index (χ1n) is 4.70. The maximum Gasteiger partial charge on any atom is 0.413 e. The van der Waals surface area contributed by atoms with Gasteiger partial charge < -0.3 is 4.74 Å². The summed E-state index contributed by atoms with van der Waals surface area (Å²) < 4.78 is 18.5. The Morgan fingerprint density at radius 2 is 2.18 bits per heavy atom. The molecule has 1 N–H and O–H groups in total. The summed E-state index contributed by atoms with van der Waals surface area (Å²) >= 11 is 7.41. The molecule has 94 valence electrons. The van der Waals surface area contributed by atoms with E-state index in [1.54, 1.807) is 43.4 Å². The quantitative estimate of drug-likeness (QED) is 0.602. The largest absolute Gasteiger partial charge is 0.444 e. The molecule has 0 spiro atoms. The van der Waals surface area contributed by atoms with Crippen molar-refractivity contribution in [2.45, 2.75) is 26.4 Å². The highest BCUT2D eigenvalue weighted by molar-refractivity contribution is 14.1. The Bertz CT molecular complexity index is 425. The molecule has 17 heavy (non-hydrogen) atoms. The number of anilines is 1. The van der Waals surface area contributed by atoms with Gasteiger partial charge in [0.05, 0.1) is 3.57 Å².